The lowest BCUT2D eigenvalue weighted by molar-refractivity contribution is 0.0607. The summed E-state index contributed by atoms with van der Waals surface area (Å²) in [5.74, 6) is 0.779. The summed E-state index contributed by atoms with van der Waals surface area (Å²) in [7, 11) is 0.346. The smallest absolute Gasteiger partial charge is 0.227 e. The highest BCUT2D eigenvalue weighted by atomic mass is 32.2. The Balaban J connectivity index is 2.01. The van der Waals surface area contributed by atoms with Crippen molar-refractivity contribution in [2.75, 3.05) is 46.3 Å². The Hall–Kier alpha value is -0.960. The van der Waals surface area contributed by atoms with Crippen molar-refractivity contribution in [2.24, 2.45) is 5.92 Å². The van der Waals surface area contributed by atoms with Gasteiger partial charge >= 0.3 is 0 Å². The second-order valence-corrected chi connectivity index (χ2v) is 8.83. The van der Waals surface area contributed by atoms with Crippen LogP contribution in [0.3, 0.4) is 0 Å². The minimum absolute atomic E-state index is 0.0516. The summed E-state index contributed by atoms with van der Waals surface area (Å²) >= 11 is 0. The molecule has 0 N–H and O–H groups in total. The molecule has 1 aromatic rings. The maximum atomic E-state index is 12.3. The Kier molecular flexibility index (Phi) is 7.86. The van der Waals surface area contributed by atoms with E-state index in [1.54, 1.807) is 24.8 Å². The van der Waals surface area contributed by atoms with E-state index in [0.29, 0.717) is 19.7 Å². The van der Waals surface area contributed by atoms with Crippen LogP contribution in [-0.4, -0.2) is 69.1 Å². The summed E-state index contributed by atoms with van der Waals surface area (Å²) in [5, 5.41) is 0.153. The summed E-state index contributed by atoms with van der Waals surface area (Å²) in [6.07, 6.45) is 5.10. The molecule has 0 atom stereocenters. The molecule has 0 aromatic carbocycles. The van der Waals surface area contributed by atoms with E-state index in [1.165, 1.54) is 0 Å². The zero-order valence-electron chi connectivity index (χ0n) is 15.6. The van der Waals surface area contributed by atoms with Crippen LogP contribution in [0.5, 0.6) is 0 Å². The molecule has 0 spiro atoms. The zero-order chi connectivity index (χ0) is 18.3. The molecule has 1 aliphatic heterocycles. The molecule has 7 nitrogen and oxygen atoms in total. The highest BCUT2D eigenvalue weighted by molar-refractivity contribution is 7.91. The quantitative estimate of drug-likeness (QED) is 0.620. The van der Waals surface area contributed by atoms with Crippen molar-refractivity contribution < 1.29 is 17.9 Å². The van der Waals surface area contributed by atoms with Gasteiger partial charge in [0.05, 0.1) is 24.3 Å². The molecule has 0 aliphatic carbocycles. The maximum Gasteiger partial charge on any atom is 0.227 e. The summed E-state index contributed by atoms with van der Waals surface area (Å²) in [5.41, 5.74) is 0.915. The molecule has 0 saturated carbocycles. The van der Waals surface area contributed by atoms with Crippen LogP contribution in [0.1, 0.15) is 31.9 Å². The summed E-state index contributed by atoms with van der Waals surface area (Å²) in [4.78, 5) is 6.43. The van der Waals surface area contributed by atoms with E-state index >= 15 is 0 Å². The predicted molar refractivity (Wildman–Crippen MR) is 96.3 cm³/mol. The summed E-state index contributed by atoms with van der Waals surface area (Å²) in [6.45, 7) is 6.00. The second kappa shape index (κ2) is 9.66. The number of nitrogens with zero attached hydrogens (tertiary/aromatic N) is 3. The van der Waals surface area contributed by atoms with Gasteiger partial charge in [-0.2, -0.15) is 0 Å². The largest absolute Gasteiger partial charge is 0.383 e. The van der Waals surface area contributed by atoms with E-state index in [2.05, 4.69) is 16.9 Å². The van der Waals surface area contributed by atoms with Crippen molar-refractivity contribution >= 4 is 9.84 Å². The Bertz CT molecular complexity index is 624. The minimum Gasteiger partial charge on any atom is -0.383 e. The van der Waals surface area contributed by atoms with E-state index in [-0.39, 0.29) is 10.9 Å². The molecule has 1 aliphatic rings. The number of hydrogen-bond acceptors (Lipinski definition) is 6. The van der Waals surface area contributed by atoms with Gasteiger partial charge in [0.1, 0.15) is 0 Å². The number of rotatable bonds is 10. The van der Waals surface area contributed by atoms with Crippen LogP contribution in [0, 0.1) is 5.92 Å². The fourth-order valence-corrected chi connectivity index (χ4v) is 4.13. The van der Waals surface area contributed by atoms with Gasteiger partial charge in [-0.25, -0.2) is 13.4 Å². The lowest BCUT2D eigenvalue weighted by Gasteiger charge is -2.25. The average molecular weight is 374 g/mol. The van der Waals surface area contributed by atoms with Gasteiger partial charge in [0.25, 0.3) is 0 Å². The highest BCUT2D eigenvalue weighted by Gasteiger charge is 2.22. The number of imidazole rings is 1. The number of hydrogen-bond donors (Lipinski definition) is 0. The molecule has 0 radical (unpaired) electrons. The van der Waals surface area contributed by atoms with Crippen LogP contribution in [-0.2, 0) is 32.4 Å². The van der Waals surface area contributed by atoms with Crippen LogP contribution in [0.2, 0.25) is 0 Å². The van der Waals surface area contributed by atoms with Crippen molar-refractivity contribution in [1.82, 2.24) is 14.5 Å². The first kappa shape index (κ1) is 20.4. The molecule has 2 heterocycles. The summed E-state index contributed by atoms with van der Waals surface area (Å²) < 4.78 is 36.9. The third-order valence-corrected chi connectivity index (χ3v) is 6.41. The van der Waals surface area contributed by atoms with Gasteiger partial charge in [0, 0.05) is 33.4 Å². The van der Waals surface area contributed by atoms with Crippen LogP contribution < -0.4 is 0 Å². The molecule has 0 unspecified atom stereocenters. The molecule has 0 bridgehead atoms. The molecule has 1 fully saturated rings. The minimum atomic E-state index is -3.34. The van der Waals surface area contributed by atoms with Crippen molar-refractivity contribution in [1.29, 1.82) is 0 Å². The van der Waals surface area contributed by atoms with Crippen molar-refractivity contribution in [3.63, 3.8) is 0 Å². The summed E-state index contributed by atoms with van der Waals surface area (Å²) in [6, 6.07) is 0. The normalized spacial score (nSPS) is 16.6. The highest BCUT2D eigenvalue weighted by Crippen LogP contribution is 2.19. The number of sulfone groups is 1. The molecule has 1 aromatic heterocycles. The Morgan fingerprint density at radius 3 is 2.76 bits per heavy atom. The van der Waals surface area contributed by atoms with Gasteiger partial charge in [-0.05, 0) is 38.8 Å². The van der Waals surface area contributed by atoms with Gasteiger partial charge in [-0.15, -0.1) is 0 Å². The standard InChI is InChI=1S/C17H31N3O4S/c1-4-25(21,22)17-18-13-16(20(17)9-12-23-3)14-19(2)8-5-15-6-10-24-11-7-15/h13,15H,4-12,14H2,1-3H3. The molecular weight excluding hydrogens is 342 g/mol. The first-order chi connectivity index (χ1) is 12.0. The van der Waals surface area contributed by atoms with Crippen molar-refractivity contribution in [3.8, 4) is 0 Å². The molecule has 2 rings (SSSR count). The van der Waals surface area contributed by atoms with Gasteiger partial charge < -0.3 is 18.9 Å². The van der Waals surface area contributed by atoms with Crippen LogP contribution in [0.25, 0.3) is 0 Å². The SMILES string of the molecule is CCS(=O)(=O)c1ncc(CN(C)CCC2CCOCC2)n1CCOC. The van der Waals surface area contributed by atoms with Crippen LogP contribution in [0.15, 0.2) is 11.4 Å². The van der Waals surface area contributed by atoms with Crippen LogP contribution >= 0.6 is 0 Å². The van der Waals surface area contributed by atoms with Gasteiger partial charge in [0.15, 0.2) is 0 Å². The number of aromatic nitrogens is 2. The van der Waals surface area contributed by atoms with Gasteiger partial charge in [-0.3, -0.25) is 0 Å². The fourth-order valence-electron chi connectivity index (χ4n) is 3.11. The van der Waals surface area contributed by atoms with E-state index in [4.69, 9.17) is 9.47 Å². The number of ether oxygens (including phenoxy) is 2. The lowest BCUT2D eigenvalue weighted by Crippen LogP contribution is -2.26. The maximum absolute atomic E-state index is 12.3. The van der Waals surface area contributed by atoms with Crippen molar-refractivity contribution in [2.45, 2.75) is 44.4 Å². The average Bonchev–Trinajstić information content (AvgIpc) is 3.02. The molecule has 8 heteroatoms. The molecular formula is C17H31N3O4S. The van der Waals surface area contributed by atoms with Gasteiger partial charge in [-0.1, -0.05) is 6.92 Å². The van der Waals surface area contributed by atoms with E-state index < -0.39 is 9.84 Å². The molecule has 1 saturated heterocycles. The molecule has 25 heavy (non-hydrogen) atoms. The Morgan fingerprint density at radius 1 is 1.40 bits per heavy atom. The molecule has 0 amide bonds. The fraction of sp³-hybridized carbons (Fsp3) is 0.824. The topological polar surface area (TPSA) is 73.7 Å². The van der Waals surface area contributed by atoms with E-state index in [0.717, 1.165) is 50.6 Å². The third kappa shape index (κ3) is 5.77. The van der Waals surface area contributed by atoms with E-state index in [1.807, 2.05) is 0 Å². The molecule has 144 valence electrons. The Morgan fingerprint density at radius 2 is 2.12 bits per heavy atom. The van der Waals surface area contributed by atoms with Gasteiger partial charge in [0.2, 0.25) is 15.0 Å². The lowest BCUT2D eigenvalue weighted by atomic mass is 9.96. The third-order valence-electron chi connectivity index (χ3n) is 4.77. The number of methoxy groups -OCH3 is 1. The Labute approximate surface area is 151 Å². The first-order valence-electron chi connectivity index (χ1n) is 9.00. The van der Waals surface area contributed by atoms with E-state index in [9.17, 15) is 8.42 Å². The van der Waals surface area contributed by atoms with Crippen molar-refractivity contribution in [3.05, 3.63) is 11.9 Å². The first-order valence-corrected chi connectivity index (χ1v) is 10.7. The monoisotopic (exact) mass is 373 g/mol. The second-order valence-electron chi connectivity index (χ2n) is 6.66. The predicted octanol–water partition coefficient (Wildman–Crippen LogP) is 1.57. The zero-order valence-corrected chi connectivity index (χ0v) is 16.4. The van der Waals surface area contributed by atoms with Crippen LogP contribution in [0.4, 0.5) is 0 Å².